The minimum absolute atomic E-state index is 0.00428. The minimum Gasteiger partial charge on any atom is -0.369 e. The second kappa shape index (κ2) is 9.81. The second-order valence-corrected chi connectivity index (χ2v) is 9.19. The molecule has 2 aromatic carbocycles. The Bertz CT molecular complexity index is 971. The van der Waals surface area contributed by atoms with E-state index in [4.69, 9.17) is 0 Å². The number of hydrogen-bond acceptors (Lipinski definition) is 3. The zero-order valence-corrected chi connectivity index (χ0v) is 19.7. The van der Waals surface area contributed by atoms with Crippen LogP contribution in [0.3, 0.4) is 0 Å². The van der Waals surface area contributed by atoms with E-state index in [1.807, 2.05) is 48.2 Å². The van der Waals surface area contributed by atoms with Crippen LogP contribution in [0.4, 0.5) is 20.6 Å². The van der Waals surface area contributed by atoms with Gasteiger partial charge >= 0.3 is 6.03 Å². The first kappa shape index (κ1) is 23.1. The normalized spacial score (nSPS) is 19.0. The molecule has 2 heterocycles. The minimum atomic E-state index is -0.216. The van der Waals surface area contributed by atoms with Crippen LogP contribution in [0, 0.1) is 5.82 Å². The third kappa shape index (κ3) is 5.13. The molecule has 0 spiro atoms. The lowest BCUT2D eigenvalue weighted by molar-refractivity contribution is -0.129. The molecule has 176 valence electrons. The van der Waals surface area contributed by atoms with Crippen LogP contribution >= 0.6 is 0 Å². The molecule has 2 aliphatic rings. The van der Waals surface area contributed by atoms with Crippen LogP contribution in [-0.4, -0.2) is 68.1 Å². The Kier molecular flexibility index (Phi) is 6.86. The highest BCUT2D eigenvalue weighted by Gasteiger charge is 2.28. The molecule has 2 aromatic rings. The van der Waals surface area contributed by atoms with Crippen LogP contribution in [0.2, 0.25) is 0 Å². The molecule has 0 aliphatic carbocycles. The van der Waals surface area contributed by atoms with E-state index in [1.165, 1.54) is 12.1 Å². The topological polar surface area (TPSA) is 47.1 Å². The van der Waals surface area contributed by atoms with E-state index in [-0.39, 0.29) is 23.8 Å². The standard InChI is InChI=1S/C26H33FN4O2/c1-19(32)28(2)25-14-17-31(18-25)24-10-8-23(9-11-24)29(3)26(33)30-15-12-21(13-16-30)20-4-6-22(27)7-5-20/h4-11,21,25H,12-18H2,1-3H3/t25-/m1/s1. The van der Waals surface area contributed by atoms with Crippen molar-refractivity contribution in [2.24, 2.45) is 0 Å². The van der Waals surface area contributed by atoms with Crippen LogP contribution in [-0.2, 0) is 4.79 Å². The number of piperidine rings is 1. The first-order valence-electron chi connectivity index (χ1n) is 11.7. The predicted molar refractivity (Wildman–Crippen MR) is 129 cm³/mol. The third-order valence-corrected chi connectivity index (χ3v) is 7.20. The van der Waals surface area contributed by atoms with Crippen LogP contribution in [0.1, 0.15) is 37.7 Å². The summed E-state index contributed by atoms with van der Waals surface area (Å²) in [6, 6.07) is 15.0. The third-order valence-electron chi connectivity index (χ3n) is 7.20. The number of nitrogens with zero attached hydrogens (tertiary/aromatic N) is 4. The first-order chi connectivity index (χ1) is 15.8. The number of hydrogen-bond donors (Lipinski definition) is 0. The summed E-state index contributed by atoms with van der Waals surface area (Å²) in [6.45, 7) is 4.74. The van der Waals surface area contributed by atoms with Gasteiger partial charge in [0.05, 0.1) is 6.04 Å². The molecule has 2 aliphatic heterocycles. The molecular formula is C26H33FN4O2. The lowest BCUT2D eigenvalue weighted by Gasteiger charge is -2.35. The highest BCUT2D eigenvalue weighted by atomic mass is 19.1. The van der Waals surface area contributed by atoms with Crippen LogP contribution in [0.5, 0.6) is 0 Å². The molecule has 6 nitrogen and oxygen atoms in total. The van der Waals surface area contributed by atoms with Gasteiger partial charge in [-0.3, -0.25) is 9.69 Å². The van der Waals surface area contributed by atoms with Gasteiger partial charge in [0.15, 0.2) is 0 Å². The number of halogens is 1. The second-order valence-electron chi connectivity index (χ2n) is 9.19. The number of likely N-dealkylation sites (tertiary alicyclic amines) is 1. The summed E-state index contributed by atoms with van der Waals surface area (Å²) in [6.07, 6.45) is 2.73. The summed E-state index contributed by atoms with van der Waals surface area (Å²) < 4.78 is 13.2. The fourth-order valence-corrected chi connectivity index (χ4v) is 4.90. The molecule has 0 bridgehead atoms. The molecule has 1 atom stereocenters. The fourth-order valence-electron chi connectivity index (χ4n) is 4.90. The van der Waals surface area contributed by atoms with Crippen molar-refractivity contribution >= 4 is 23.3 Å². The molecule has 0 unspecified atom stereocenters. The van der Waals surface area contributed by atoms with Gasteiger partial charge in [-0.2, -0.15) is 0 Å². The highest BCUT2D eigenvalue weighted by Crippen LogP contribution is 2.30. The Morgan fingerprint density at radius 2 is 1.55 bits per heavy atom. The van der Waals surface area contributed by atoms with E-state index in [1.54, 1.807) is 11.8 Å². The molecule has 0 saturated carbocycles. The van der Waals surface area contributed by atoms with E-state index in [9.17, 15) is 14.0 Å². The lowest BCUT2D eigenvalue weighted by Crippen LogP contribution is -2.45. The SMILES string of the molecule is CC(=O)N(C)[C@@H]1CCN(c2ccc(N(C)C(=O)N3CCC(c4ccc(F)cc4)CC3)cc2)C1. The molecule has 7 heteroatoms. The summed E-state index contributed by atoms with van der Waals surface area (Å²) in [5.74, 6) is 0.247. The van der Waals surface area contributed by atoms with Crippen molar-refractivity contribution in [2.75, 3.05) is 50.1 Å². The van der Waals surface area contributed by atoms with Crippen LogP contribution in [0.15, 0.2) is 48.5 Å². The number of anilines is 2. The van der Waals surface area contributed by atoms with Gasteiger partial charge in [0.25, 0.3) is 0 Å². The van der Waals surface area contributed by atoms with Gasteiger partial charge in [0.2, 0.25) is 5.91 Å². The van der Waals surface area contributed by atoms with Gasteiger partial charge in [0, 0.05) is 58.6 Å². The number of amides is 3. The molecule has 4 rings (SSSR count). The number of carbonyl (C=O) groups excluding carboxylic acids is 2. The molecular weight excluding hydrogens is 419 g/mol. The average molecular weight is 453 g/mol. The number of carbonyl (C=O) groups is 2. The van der Waals surface area contributed by atoms with Crippen molar-refractivity contribution in [2.45, 2.75) is 38.1 Å². The van der Waals surface area contributed by atoms with Crippen molar-refractivity contribution in [1.29, 1.82) is 0 Å². The molecule has 0 aromatic heterocycles. The largest absolute Gasteiger partial charge is 0.369 e. The molecule has 0 radical (unpaired) electrons. The highest BCUT2D eigenvalue weighted by molar-refractivity contribution is 5.91. The predicted octanol–water partition coefficient (Wildman–Crippen LogP) is 4.32. The van der Waals surface area contributed by atoms with E-state index in [0.717, 1.165) is 49.3 Å². The number of urea groups is 1. The Hall–Kier alpha value is -3.09. The van der Waals surface area contributed by atoms with Crippen molar-refractivity contribution in [1.82, 2.24) is 9.80 Å². The van der Waals surface area contributed by atoms with Gasteiger partial charge in [-0.05, 0) is 67.1 Å². The summed E-state index contributed by atoms with van der Waals surface area (Å²) in [5, 5.41) is 0. The van der Waals surface area contributed by atoms with Gasteiger partial charge in [0.1, 0.15) is 5.82 Å². The number of rotatable bonds is 4. The zero-order chi connectivity index (χ0) is 23.5. The average Bonchev–Trinajstić information content (AvgIpc) is 3.33. The maximum absolute atomic E-state index is 13.2. The van der Waals surface area contributed by atoms with Crippen molar-refractivity contribution in [3.63, 3.8) is 0 Å². The summed E-state index contributed by atoms with van der Waals surface area (Å²) >= 11 is 0. The Balaban J connectivity index is 1.32. The summed E-state index contributed by atoms with van der Waals surface area (Å²) in [7, 11) is 3.68. The molecule has 2 saturated heterocycles. The Morgan fingerprint density at radius 3 is 2.15 bits per heavy atom. The van der Waals surface area contributed by atoms with Gasteiger partial charge in [-0.25, -0.2) is 9.18 Å². The zero-order valence-electron chi connectivity index (χ0n) is 19.7. The van der Waals surface area contributed by atoms with E-state index >= 15 is 0 Å². The lowest BCUT2D eigenvalue weighted by atomic mass is 9.89. The maximum atomic E-state index is 13.2. The van der Waals surface area contributed by atoms with Gasteiger partial charge in [-0.1, -0.05) is 12.1 Å². The van der Waals surface area contributed by atoms with Crippen molar-refractivity contribution in [3.8, 4) is 0 Å². The quantitative estimate of drug-likeness (QED) is 0.694. The summed E-state index contributed by atoms with van der Waals surface area (Å²) in [5.41, 5.74) is 3.12. The Morgan fingerprint density at radius 1 is 0.909 bits per heavy atom. The van der Waals surface area contributed by atoms with Gasteiger partial charge < -0.3 is 14.7 Å². The number of benzene rings is 2. The van der Waals surface area contributed by atoms with E-state index in [2.05, 4.69) is 17.0 Å². The van der Waals surface area contributed by atoms with Crippen LogP contribution in [0.25, 0.3) is 0 Å². The number of likely N-dealkylation sites (N-methyl/N-ethyl adjacent to an activating group) is 1. The maximum Gasteiger partial charge on any atom is 0.324 e. The van der Waals surface area contributed by atoms with Crippen LogP contribution < -0.4 is 9.80 Å². The van der Waals surface area contributed by atoms with E-state index in [0.29, 0.717) is 19.0 Å². The van der Waals surface area contributed by atoms with E-state index < -0.39 is 0 Å². The van der Waals surface area contributed by atoms with Gasteiger partial charge in [-0.15, -0.1) is 0 Å². The van der Waals surface area contributed by atoms with Crippen molar-refractivity contribution < 1.29 is 14.0 Å². The summed E-state index contributed by atoms with van der Waals surface area (Å²) in [4.78, 5) is 32.4. The first-order valence-corrected chi connectivity index (χ1v) is 11.7. The molecule has 3 amide bonds. The Labute approximate surface area is 195 Å². The smallest absolute Gasteiger partial charge is 0.324 e. The molecule has 0 N–H and O–H groups in total. The van der Waals surface area contributed by atoms with Crippen molar-refractivity contribution in [3.05, 3.63) is 59.9 Å². The fraction of sp³-hybridized carbons (Fsp3) is 0.462. The molecule has 33 heavy (non-hydrogen) atoms. The monoisotopic (exact) mass is 452 g/mol. The molecule has 2 fully saturated rings.